The summed E-state index contributed by atoms with van der Waals surface area (Å²) in [5.41, 5.74) is 1.20. The summed E-state index contributed by atoms with van der Waals surface area (Å²) in [7, 11) is 0. The molecule has 1 unspecified atom stereocenters. The fourth-order valence-corrected chi connectivity index (χ4v) is 2.45. The van der Waals surface area contributed by atoms with E-state index < -0.39 is 5.97 Å². The number of hydrogen-bond donors (Lipinski definition) is 1. The molecule has 0 bridgehead atoms. The van der Waals surface area contributed by atoms with Crippen molar-refractivity contribution in [1.29, 1.82) is 0 Å². The normalized spacial score (nSPS) is 13.3. The van der Waals surface area contributed by atoms with Gasteiger partial charge in [0.15, 0.2) is 11.5 Å². The highest BCUT2D eigenvalue weighted by atomic mass is 16.5. The second-order valence-electron chi connectivity index (χ2n) is 6.87. The molecular weight excluding hydrogens is 252 g/mol. The lowest BCUT2D eigenvalue weighted by Crippen LogP contribution is -2.20. The summed E-state index contributed by atoms with van der Waals surface area (Å²) >= 11 is 0. The lowest BCUT2D eigenvalue weighted by molar-refractivity contribution is -0.132. The molecular formula is C17H26O3. The molecule has 0 saturated carbocycles. The van der Waals surface area contributed by atoms with Crippen LogP contribution in [0.1, 0.15) is 59.4 Å². The van der Waals surface area contributed by atoms with Crippen molar-refractivity contribution in [3.63, 3.8) is 0 Å². The summed E-state index contributed by atoms with van der Waals surface area (Å²) < 4.78 is 5.06. The van der Waals surface area contributed by atoms with Crippen molar-refractivity contribution in [2.75, 3.05) is 0 Å². The van der Waals surface area contributed by atoms with E-state index in [2.05, 4.69) is 34.6 Å². The minimum absolute atomic E-state index is 0.00107. The van der Waals surface area contributed by atoms with E-state index in [1.165, 1.54) is 6.92 Å². The van der Waals surface area contributed by atoms with Crippen molar-refractivity contribution in [3.05, 3.63) is 23.8 Å². The summed E-state index contributed by atoms with van der Waals surface area (Å²) in [4.78, 5) is 11.1. The first-order chi connectivity index (χ1) is 9.11. The fourth-order valence-electron chi connectivity index (χ4n) is 2.45. The topological polar surface area (TPSA) is 46.5 Å². The third-order valence-electron chi connectivity index (χ3n) is 3.39. The van der Waals surface area contributed by atoms with Crippen LogP contribution in [0, 0.1) is 11.3 Å². The molecule has 1 N–H and O–H groups in total. The van der Waals surface area contributed by atoms with Gasteiger partial charge in [0.2, 0.25) is 0 Å². The molecule has 0 aliphatic rings. The Hall–Kier alpha value is -1.51. The minimum Gasteiger partial charge on any atom is -0.504 e. The Morgan fingerprint density at radius 2 is 1.90 bits per heavy atom. The third kappa shape index (κ3) is 4.55. The molecule has 1 aromatic carbocycles. The number of aromatic hydroxyl groups is 1. The summed E-state index contributed by atoms with van der Waals surface area (Å²) in [5, 5.41) is 9.77. The molecule has 3 nitrogen and oxygen atoms in total. The van der Waals surface area contributed by atoms with Crippen LogP contribution >= 0.6 is 0 Å². The predicted octanol–water partition coefficient (Wildman–Crippen LogP) is 4.49. The molecule has 0 amide bonds. The molecule has 20 heavy (non-hydrogen) atoms. The zero-order chi connectivity index (χ0) is 15.5. The molecule has 0 aliphatic carbocycles. The molecule has 3 heteroatoms. The van der Waals surface area contributed by atoms with Gasteiger partial charge in [0, 0.05) is 6.92 Å². The van der Waals surface area contributed by atoms with Crippen molar-refractivity contribution >= 4 is 5.97 Å². The van der Waals surface area contributed by atoms with Gasteiger partial charge in [0.25, 0.3) is 0 Å². The van der Waals surface area contributed by atoms with Crippen LogP contribution in [-0.4, -0.2) is 11.1 Å². The smallest absolute Gasteiger partial charge is 0.308 e. The maximum atomic E-state index is 11.1. The van der Waals surface area contributed by atoms with Gasteiger partial charge in [-0.2, -0.15) is 0 Å². The van der Waals surface area contributed by atoms with Gasteiger partial charge >= 0.3 is 5.97 Å². The van der Waals surface area contributed by atoms with Gasteiger partial charge in [0.1, 0.15) is 0 Å². The number of benzene rings is 1. The van der Waals surface area contributed by atoms with Gasteiger partial charge in [-0.3, -0.25) is 4.79 Å². The van der Waals surface area contributed by atoms with Crippen LogP contribution in [0.5, 0.6) is 11.5 Å². The number of phenolic OH excluding ortho intramolecular Hbond substituents is 1. The Kier molecular flexibility index (Phi) is 5.21. The Morgan fingerprint density at radius 3 is 2.35 bits per heavy atom. The first kappa shape index (κ1) is 16.5. The van der Waals surface area contributed by atoms with Gasteiger partial charge in [-0.05, 0) is 41.4 Å². The number of rotatable bonds is 4. The van der Waals surface area contributed by atoms with E-state index >= 15 is 0 Å². The van der Waals surface area contributed by atoms with E-state index in [9.17, 15) is 9.90 Å². The van der Waals surface area contributed by atoms with E-state index in [4.69, 9.17) is 4.74 Å². The summed E-state index contributed by atoms with van der Waals surface area (Å²) in [6.07, 6.45) is 1.05. The fraction of sp³-hybridized carbons (Fsp3) is 0.588. The molecule has 0 aliphatic heterocycles. The van der Waals surface area contributed by atoms with E-state index in [-0.39, 0.29) is 16.9 Å². The molecule has 0 radical (unpaired) electrons. The van der Waals surface area contributed by atoms with Crippen LogP contribution in [0.3, 0.4) is 0 Å². The zero-order valence-corrected chi connectivity index (χ0v) is 13.4. The Bertz CT molecular complexity index is 470. The van der Waals surface area contributed by atoms with Crippen molar-refractivity contribution in [3.8, 4) is 11.5 Å². The Labute approximate surface area is 122 Å². The number of hydrogen-bond acceptors (Lipinski definition) is 3. The van der Waals surface area contributed by atoms with Crippen LogP contribution in [0.25, 0.3) is 0 Å². The second kappa shape index (κ2) is 6.29. The number of esters is 1. The van der Waals surface area contributed by atoms with Crippen LogP contribution in [0.15, 0.2) is 18.2 Å². The van der Waals surface area contributed by atoms with Crippen LogP contribution < -0.4 is 4.74 Å². The van der Waals surface area contributed by atoms with E-state index in [0.717, 1.165) is 12.0 Å². The molecule has 1 rings (SSSR count). The van der Waals surface area contributed by atoms with Crippen molar-refractivity contribution in [2.24, 2.45) is 11.3 Å². The molecule has 0 spiro atoms. The highest BCUT2D eigenvalue weighted by molar-refractivity contribution is 5.70. The maximum absolute atomic E-state index is 11.1. The standard InChI is InChI=1S/C17H26O3/c1-11(2)9-14(17(4,5)6)13-7-8-15(19)16(10-13)20-12(3)18/h7-8,10-11,14,19H,9H2,1-6H3. The van der Waals surface area contributed by atoms with Gasteiger partial charge in [-0.25, -0.2) is 0 Å². The summed E-state index contributed by atoms with van der Waals surface area (Å²) in [6.45, 7) is 12.4. The first-order valence-corrected chi connectivity index (χ1v) is 7.12. The quantitative estimate of drug-likeness (QED) is 0.652. The van der Waals surface area contributed by atoms with Crippen molar-refractivity contribution < 1.29 is 14.6 Å². The second-order valence-corrected chi connectivity index (χ2v) is 6.87. The van der Waals surface area contributed by atoms with Crippen LogP contribution in [0.2, 0.25) is 0 Å². The van der Waals surface area contributed by atoms with Gasteiger partial charge in [-0.1, -0.05) is 40.7 Å². The molecule has 0 heterocycles. The lowest BCUT2D eigenvalue weighted by atomic mass is 9.72. The van der Waals surface area contributed by atoms with E-state index in [1.54, 1.807) is 12.1 Å². The molecule has 0 fully saturated rings. The number of carbonyl (C=O) groups excluding carboxylic acids is 1. The molecule has 0 saturated heterocycles. The first-order valence-electron chi connectivity index (χ1n) is 7.12. The number of carbonyl (C=O) groups is 1. The lowest BCUT2D eigenvalue weighted by Gasteiger charge is -2.33. The monoisotopic (exact) mass is 278 g/mol. The van der Waals surface area contributed by atoms with Gasteiger partial charge in [0.05, 0.1) is 0 Å². The SMILES string of the molecule is CC(=O)Oc1cc(C(CC(C)C)C(C)(C)C)ccc1O. The molecule has 112 valence electrons. The zero-order valence-electron chi connectivity index (χ0n) is 13.4. The highest BCUT2D eigenvalue weighted by Crippen LogP contribution is 2.42. The average molecular weight is 278 g/mol. The summed E-state index contributed by atoms with van der Waals surface area (Å²) in [5.74, 6) is 0.741. The Morgan fingerprint density at radius 1 is 1.30 bits per heavy atom. The minimum atomic E-state index is -0.423. The van der Waals surface area contributed by atoms with E-state index in [0.29, 0.717) is 11.8 Å². The Balaban J connectivity index is 3.17. The molecule has 0 aromatic heterocycles. The number of ether oxygens (including phenoxy) is 1. The maximum Gasteiger partial charge on any atom is 0.308 e. The third-order valence-corrected chi connectivity index (χ3v) is 3.39. The van der Waals surface area contributed by atoms with Crippen molar-refractivity contribution in [2.45, 2.75) is 53.9 Å². The van der Waals surface area contributed by atoms with E-state index in [1.807, 2.05) is 6.07 Å². The average Bonchev–Trinajstić information content (AvgIpc) is 2.27. The van der Waals surface area contributed by atoms with Crippen LogP contribution in [0.4, 0.5) is 0 Å². The van der Waals surface area contributed by atoms with Crippen LogP contribution in [-0.2, 0) is 4.79 Å². The largest absolute Gasteiger partial charge is 0.504 e. The molecule has 1 aromatic rings. The van der Waals surface area contributed by atoms with Gasteiger partial charge in [-0.15, -0.1) is 0 Å². The van der Waals surface area contributed by atoms with Gasteiger partial charge < -0.3 is 9.84 Å². The predicted molar refractivity (Wildman–Crippen MR) is 81.1 cm³/mol. The number of phenols is 1. The highest BCUT2D eigenvalue weighted by Gasteiger charge is 2.27. The molecule has 1 atom stereocenters. The summed E-state index contributed by atoms with van der Waals surface area (Å²) in [6, 6.07) is 5.31. The van der Waals surface area contributed by atoms with Crippen molar-refractivity contribution in [1.82, 2.24) is 0 Å².